The Balaban J connectivity index is 0.682. The molecule has 3 aliphatic heterocycles. The fourth-order valence-electron chi connectivity index (χ4n) is 12.5. The van der Waals surface area contributed by atoms with Gasteiger partial charge >= 0.3 is 7.12 Å². The molecule has 3 heterocycles. The molecule has 20 heteroatoms. The van der Waals surface area contributed by atoms with Gasteiger partial charge in [-0.2, -0.15) is 4.72 Å². The molecule has 3 saturated carbocycles. The van der Waals surface area contributed by atoms with Crippen molar-refractivity contribution in [2.24, 2.45) is 34.6 Å². The summed E-state index contributed by atoms with van der Waals surface area (Å²) >= 11 is 0. The van der Waals surface area contributed by atoms with E-state index in [4.69, 9.17) is 25.5 Å². The van der Waals surface area contributed by atoms with Gasteiger partial charge in [-0.25, -0.2) is 8.42 Å². The third-order valence-corrected chi connectivity index (χ3v) is 18.2. The minimum Gasteiger partial charge on any atom is -0.487 e. The first-order chi connectivity index (χ1) is 32.4. The van der Waals surface area contributed by atoms with Crippen molar-refractivity contribution in [3.63, 3.8) is 0 Å². The average molecular weight is 977 g/mol. The third-order valence-electron chi connectivity index (χ3n) is 16.5. The maximum atomic E-state index is 13.7. The molecule has 0 bridgehead atoms. The van der Waals surface area contributed by atoms with E-state index < -0.39 is 59.1 Å². The van der Waals surface area contributed by atoms with Gasteiger partial charge in [0.2, 0.25) is 27.7 Å². The number of nitrogens with two attached hydrogens (primary N) is 2. The van der Waals surface area contributed by atoms with Crippen molar-refractivity contribution in [2.75, 3.05) is 19.6 Å². The van der Waals surface area contributed by atoms with Gasteiger partial charge in [0.15, 0.2) is 0 Å². The number of aliphatic hydroxyl groups is 1. The predicted octanol–water partition coefficient (Wildman–Crippen LogP) is 2.10. The zero-order chi connectivity index (χ0) is 50.0. The second-order valence-electron chi connectivity index (χ2n) is 21.6. The van der Waals surface area contributed by atoms with Crippen molar-refractivity contribution < 1.29 is 46.7 Å². The van der Waals surface area contributed by atoms with Crippen LogP contribution in [0.2, 0.25) is 0 Å². The Kier molecular flexibility index (Phi) is 14.4. The van der Waals surface area contributed by atoms with Gasteiger partial charge in [-0.05, 0) is 158 Å². The highest BCUT2D eigenvalue weighted by Gasteiger charge is 2.80. The summed E-state index contributed by atoms with van der Waals surface area (Å²) < 4.78 is 48.9. The highest BCUT2D eigenvalue weighted by atomic mass is 32.2. The highest BCUT2D eigenvalue weighted by molar-refractivity contribution is 7.89. The van der Waals surface area contributed by atoms with Gasteiger partial charge in [0.25, 0.3) is 5.91 Å². The molecule has 4 unspecified atom stereocenters. The molecule has 69 heavy (non-hydrogen) atoms. The summed E-state index contributed by atoms with van der Waals surface area (Å²) in [6, 6.07) is 5.17. The van der Waals surface area contributed by atoms with Crippen molar-refractivity contribution in [1.29, 1.82) is 0 Å². The predicted molar refractivity (Wildman–Crippen MR) is 259 cm³/mol. The van der Waals surface area contributed by atoms with Crippen LogP contribution in [0.25, 0.3) is 0 Å². The van der Waals surface area contributed by atoms with Gasteiger partial charge in [0.1, 0.15) is 23.7 Å². The van der Waals surface area contributed by atoms with E-state index in [2.05, 4.69) is 39.8 Å². The quantitative estimate of drug-likeness (QED) is 0.0538. The number of fused-ring (bicyclic) bond motifs is 4. The number of hydrogen-bond acceptors (Lipinski definition) is 13. The number of ether oxygens (including phenoxy) is 1. The van der Waals surface area contributed by atoms with E-state index >= 15 is 0 Å². The molecule has 2 aromatic carbocycles. The van der Waals surface area contributed by atoms with E-state index in [1.165, 1.54) is 0 Å². The molecule has 8 rings (SSSR count). The monoisotopic (exact) mass is 977 g/mol. The van der Waals surface area contributed by atoms with Gasteiger partial charge in [-0.1, -0.05) is 19.1 Å². The van der Waals surface area contributed by atoms with E-state index in [1.54, 1.807) is 49.9 Å². The van der Waals surface area contributed by atoms with Gasteiger partial charge in [-0.3, -0.25) is 24.5 Å². The zero-order valence-corrected chi connectivity index (χ0v) is 42.2. The average Bonchev–Trinajstić information content (AvgIpc) is 3.95. The Morgan fingerprint density at radius 3 is 2.38 bits per heavy atom. The maximum absolute atomic E-state index is 13.7. The normalized spacial score (nSPS) is 29.4. The third kappa shape index (κ3) is 9.80. The molecule has 0 radical (unpaired) electrons. The molecule has 378 valence electrons. The first kappa shape index (κ1) is 51.2. The minimum atomic E-state index is -3.96. The fourth-order valence-corrected chi connectivity index (χ4v) is 14.1. The van der Waals surface area contributed by atoms with Crippen molar-refractivity contribution in [2.45, 2.75) is 172 Å². The molecule has 6 aliphatic rings. The molecule has 11 atom stereocenters. The van der Waals surface area contributed by atoms with Crippen LogP contribution in [0.1, 0.15) is 124 Å². The summed E-state index contributed by atoms with van der Waals surface area (Å²) in [7, 11) is -4.58. The number of benzene rings is 2. The molecule has 2 aromatic rings. The van der Waals surface area contributed by atoms with Gasteiger partial charge < -0.3 is 51.5 Å². The zero-order valence-electron chi connectivity index (χ0n) is 41.4. The lowest BCUT2D eigenvalue weighted by Crippen LogP contribution is -2.61. The number of carbonyl (C=O) groups is 4. The second kappa shape index (κ2) is 19.5. The Labute approximate surface area is 407 Å². The number of nitrogens with one attached hydrogen (secondary N) is 5. The second-order valence-corrected chi connectivity index (χ2v) is 23.3. The summed E-state index contributed by atoms with van der Waals surface area (Å²) in [4.78, 5) is 54.0. The Hall–Kier alpha value is -4.15. The van der Waals surface area contributed by atoms with Gasteiger partial charge in [-0.15, -0.1) is 0 Å². The lowest BCUT2D eigenvalue weighted by Gasteiger charge is -2.64. The number of likely N-dealkylation sites (tertiary alicyclic amines) is 1. The number of sulfonamides is 1. The Morgan fingerprint density at radius 2 is 1.67 bits per heavy atom. The van der Waals surface area contributed by atoms with Crippen LogP contribution in [0.4, 0.5) is 0 Å². The molecular weight excluding hydrogens is 903 g/mol. The Morgan fingerprint density at radius 1 is 0.942 bits per heavy atom. The van der Waals surface area contributed by atoms with Crippen molar-refractivity contribution in [1.82, 2.24) is 30.9 Å². The lowest BCUT2D eigenvalue weighted by molar-refractivity contribution is -0.176. The van der Waals surface area contributed by atoms with Crippen molar-refractivity contribution in [3.05, 3.63) is 57.6 Å². The standard InChI is InChI=1S/C49H73BN8O10S/c1-26-27(2)41(28(3)34-23-47(5,6)66-40(26)34)69(64,65)57-46(52)54-19-11-12-36(51)44(62)53-18-10-9-13-39(60)55-24-30-14-16-31(17-15-30)43(61)56-29(4)45(63)58-25-33(59)22-38(58)50-67-42-35-20-32-21-37(48(32,35)7)49(42,8)68-50/h14-17,29,32-33,35-38,42,46,54,57,59H,9-13,18-25,51-52H2,1-8H3,(H,53,62)(H,55,60)(H,56,61)/t29-,32-,33+,35?,36+,37+,38+,42?,46?,48?,49+/m1/s1. The summed E-state index contributed by atoms with van der Waals surface area (Å²) in [6.45, 7) is 16.6. The van der Waals surface area contributed by atoms with Crippen LogP contribution in [0, 0.1) is 43.9 Å². The number of unbranched alkanes of at least 4 members (excludes halogenated alkanes) is 1. The minimum absolute atomic E-state index is 0.00923. The first-order valence-electron chi connectivity index (χ1n) is 24.8. The fraction of sp³-hybridized carbons (Fsp3) is 0.673. The van der Waals surface area contributed by atoms with Gasteiger partial charge in [0, 0.05) is 43.6 Å². The molecule has 2 saturated heterocycles. The molecular formula is C49H73BN8O10S. The molecule has 3 aliphatic carbocycles. The van der Waals surface area contributed by atoms with Gasteiger partial charge in [0.05, 0.1) is 34.7 Å². The number of amides is 4. The van der Waals surface area contributed by atoms with Crippen LogP contribution < -0.4 is 42.2 Å². The Bertz CT molecular complexity index is 2440. The summed E-state index contributed by atoms with van der Waals surface area (Å²) in [6.07, 6.45) is 3.70. The summed E-state index contributed by atoms with van der Waals surface area (Å²) in [5.41, 5.74) is 15.8. The van der Waals surface area contributed by atoms with E-state index in [-0.39, 0.29) is 59.2 Å². The molecule has 0 spiro atoms. The van der Waals surface area contributed by atoms with Crippen LogP contribution in [0.5, 0.6) is 5.75 Å². The van der Waals surface area contributed by atoms with E-state index in [0.717, 1.165) is 41.2 Å². The summed E-state index contributed by atoms with van der Waals surface area (Å²) in [5, 5.41) is 22.1. The maximum Gasteiger partial charge on any atom is 0.482 e. The molecule has 4 amide bonds. The SMILES string of the molecule is Cc1c(C)c(S(=O)(=O)NC(N)NCCC[C@H](N)C(=O)NCCCCC(=O)NCc2ccc(C(=O)N[C@H](C)C(=O)N3C[C@@H](O)C[C@H]3B3OC4C5C[C@@H]6C[C@@H](C56C)[C@]4(C)O3)cc2)c(C)c2c1OC(C)(C)C2. The topological polar surface area (TPSA) is 266 Å². The molecule has 0 aromatic heterocycles. The molecule has 18 nitrogen and oxygen atoms in total. The van der Waals surface area contributed by atoms with Crippen molar-refractivity contribution >= 4 is 40.8 Å². The van der Waals surface area contributed by atoms with Crippen LogP contribution >= 0.6 is 0 Å². The number of aliphatic hydroxyl groups excluding tert-OH is 1. The van der Waals surface area contributed by atoms with Crippen LogP contribution in [-0.4, -0.2) is 117 Å². The largest absolute Gasteiger partial charge is 0.487 e. The van der Waals surface area contributed by atoms with E-state index in [1.807, 2.05) is 20.8 Å². The highest BCUT2D eigenvalue weighted by Crippen LogP contribution is 2.79. The lowest BCUT2D eigenvalue weighted by atomic mass is 9.41. The van der Waals surface area contributed by atoms with Crippen LogP contribution in [0.3, 0.4) is 0 Å². The van der Waals surface area contributed by atoms with E-state index in [0.29, 0.717) is 80.1 Å². The number of β-amino-alcohol motifs (C(OH)–C–C–N with tert-alkyl or cyclic N) is 1. The van der Waals surface area contributed by atoms with Crippen LogP contribution in [0.15, 0.2) is 29.2 Å². The summed E-state index contributed by atoms with van der Waals surface area (Å²) in [5.74, 6) is 0.785. The molecule has 5 fully saturated rings. The first-order valence-corrected chi connectivity index (χ1v) is 26.3. The van der Waals surface area contributed by atoms with Crippen molar-refractivity contribution in [3.8, 4) is 5.75 Å². The smallest absolute Gasteiger partial charge is 0.482 e. The molecule has 10 N–H and O–H groups in total. The van der Waals surface area contributed by atoms with Crippen LogP contribution in [-0.2, 0) is 46.7 Å². The number of carbonyl (C=O) groups excluding carboxylic acids is 4. The number of rotatable bonds is 20. The number of hydrogen-bond donors (Lipinski definition) is 8. The van der Waals surface area contributed by atoms with E-state index in [9.17, 15) is 32.7 Å². The number of nitrogens with zero attached hydrogens (tertiary/aromatic N) is 1.